The molecule has 5 nitrogen and oxygen atoms in total. The zero-order valence-electron chi connectivity index (χ0n) is 14.7. The normalized spacial score (nSPS) is 27.9. The van der Waals surface area contributed by atoms with E-state index in [9.17, 15) is 14.7 Å². The highest BCUT2D eigenvalue weighted by Gasteiger charge is 2.40. The first-order valence-electron chi connectivity index (χ1n) is 8.09. The summed E-state index contributed by atoms with van der Waals surface area (Å²) in [6.45, 7) is 10.8. The first-order valence-corrected chi connectivity index (χ1v) is 8.09. The van der Waals surface area contributed by atoms with Crippen molar-refractivity contribution in [3.8, 4) is 0 Å². The molecule has 0 saturated carbocycles. The Morgan fingerprint density at radius 2 is 1.87 bits per heavy atom. The fourth-order valence-corrected chi connectivity index (χ4v) is 3.21. The number of cyclic esters (lactones) is 1. The summed E-state index contributed by atoms with van der Waals surface area (Å²) in [5.74, 6) is -1.27. The van der Waals surface area contributed by atoms with Gasteiger partial charge in [-0.05, 0) is 44.1 Å². The highest BCUT2D eigenvalue weighted by molar-refractivity contribution is 6.24. The number of carbonyl (C=O) groups is 2. The Labute approximate surface area is 137 Å². The summed E-state index contributed by atoms with van der Waals surface area (Å²) >= 11 is 0. The van der Waals surface area contributed by atoms with Crippen LogP contribution in [0.3, 0.4) is 0 Å². The van der Waals surface area contributed by atoms with Crippen LogP contribution in [0.2, 0.25) is 0 Å². The number of allylic oxidation sites excluding steroid dienone is 2. The first-order chi connectivity index (χ1) is 10.5. The van der Waals surface area contributed by atoms with Crippen molar-refractivity contribution < 1.29 is 24.2 Å². The lowest BCUT2D eigenvalue weighted by Crippen LogP contribution is -2.39. The lowest BCUT2D eigenvalue weighted by molar-refractivity contribution is -0.207. The summed E-state index contributed by atoms with van der Waals surface area (Å²) < 4.78 is 10.7. The Morgan fingerprint density at radius 3 is 2.39 bits per heavy atom. The number of hydrogen-bond acceptors (Lipinski definition) is 5. The molecule has 1 N–H and O–H groups in total. The van der Waals surface area contributed by atoms with Crippen molar-refractivity contribution in [3.63, 3.8) is 0 Å². The van der Waals surface area contributed by atoms with Crippen LogP contribution in [0.15, 0.2) is 22.5 Å². The van der Waals surface area contributed by atoms with Crippen molar-refractivity contribution in [1.29, 1.82) is 0 Å². The van der Waals surface area contributed by atoms with Crippen LogP contribution < -0.4 is 0 Å². The molecule has 1 heterocycles. The van der Waals surface area contributed by atoms with E-state index in [-0.39, 0.29) is 23.0 Å². The van der Waals surface area contributed by atoms with E-state index in [0.717, 1.165) is 0 Å². The van der Waals surface area contributed by atoms with Crippen LogP contribution in [0.25, 0.3) is 0 Å². The number of hydrogen-bond donors (Lipinski definition) is 1. The van der Waals surface area contributed by atoms with Crippen LogP contribution in [-0.4, -0.2) is 28.8 Å². The number of carbonyl (C=O) groups excluding carboxylic acids is 2. The molecule has 0 spiro atoms. The molecule has 2 atom stereocenters. The molecule has 5 heteroatoms. The van der Waals surface area contributed by atoms with Gasteiger partial charge in [0.2, 0.25) is 5.79 Å². The standard InChI is InChI=1S/C18H26O5/c1-9(2)12-7-13(10(3)14(19)8-12)16(20)15-11(4)22-18(5,6)23-17(15)21/h9,12,14,19H,7-8H2,1-6H3/t12-,14-/m0/s1. The lowest BCUT2D eigenvalue weighted by atomic mass is 9.75. The summed E-state index contributed by atoms with van der Waals surface area (Å²) in [6, 6.07) is 0. The molecule has 0 radical (unpaired) electrons. The largest absolute Gasteiger partial charge is 0.456 e. The molecule has 0 aromatic carbocycles. The lowest BCUT2D eigenvalue weighted by Gasteiger charge is -2.34. The molecule has 2 aliphatic rings. The number of Topliss-reactive ketones (excluding diaryl/α,β-unsaturated/α-hetero) is 1. The van der Waals surface area contributed by atoms with Crippen LogP contribution in [-0.2, 0) is 19.1 Å². The fraction of sp³-hybridized carbons (Fsp3) is 0.667. The van der Waals surface area contributed by atoms with Crippen LogP contribution in [0.4, 0.5) is 0 Å². The van der Waals surface area contributed by atoms with E-state index in [2.05, 4.69) is 13.8 Å². The second-order valence-electron chi connectivity index (χ2n) is 7.27. The topological polar surface area (TPSA) is 72.8 Å². The zero-order chi connectivity index (χ0) is 17.5. The van der Waals surface area contributed by atoms with E-state index in [1.54, 1.807) is 27.7 Å². The molecule has 0 bridgehead atoms. The van der Waals surface area contributed by atoms with Gasteiger partial charge in [-0.25, -0.2) is 4.79 Å². The maximum atomic E-state index is 12.9. The molecule has 128 valence electrons. The van der Waals surface area contributed by atoms with Crippen molar-refractivity contribution >= 4 is 11.8 Å². The third kappa shape index (κ3) is 3.50. The van der Waals surface area contributed by atoms with Gasteiger partial charge in [-0.15, -0.1) is 0 Å². The predicted molar refractivity (Wildman–Crippen MR) is 85.2 cm³/mol. The van der Waals surface area contributed by atoms with Gasteiger partial charge >= 0.3 is 5.97 Å². The van der Waals surface area contributed by atoms with Gasteiger partial charge in [0.05, 0.1) is 6.10 Å². The molecule has 0 saturated heterocycles. The quantitative estimate of drug-likeness (QED) is 0.639. The van der Waals surface area contributed by atoms with Crippen molar-refractivity contribution in [2.45, 2.75) is 66.3 Å². The van der Waals surface area contributed by atoms with Gasteiger partial charge in [-0.2, -0.15) is 0 Å². The minimum absolute atomic E-state index is 0.0599. The molecule has 0 fully saturated rings. The van der Waals surface area contributed by atoms with Crippen LogP contribution in [0.1, 0.15) is 54.4 Å². The monoisotopic (exact) mass is 322 g/mol. The number of ketones is 1. The molecule has 2 rings (SSSR count). The number of ether oxygens (including phenoxy) is 2. The molecule has 23 heavy (non-hydrogen) atoms. The van der Waals surface area contributed by atoms with Gasteiger partial charge in [-0.3, -0.25) is 4.79 Å². The SMILES string of the molecule is CC1=C(C(=O)C2=C(C)[C@@H](O)C[C@@H](C(C)C)C2)C(=O)OC(C)(C)O1. The van der Waals surface area contributed by atoms with Crippen molar-refractivity contribution in [2.24, 2.45) is 11.8 Å². The Hall–Kier alpha value is -1.62. The minimum atomic E-state index is -1.07. The van der Waals surface area contributed by atoms with E-state index < -0.39 is 17.9 Å². The summed E-state index contributed by atoms with van der Waals surface area (Å²) in [6.07, 6.45) is 0.562. The summed E-state index contributed by atoms with van der Waals surface area (Å²) in [7, 11) is 0. The zero-order valence-corrected chi connectivity index (χ0v) is 14.7. The van der Waals surface area contributed by atoms with Crippen molar-refractivity contribution in [2.75, 3.05) is 0 Å². The van der Waals surface area contributed by atoms with Gasteiger partial charge < -0.3 is 14.6 Å². The number of aliphatic hydroxyl groups is 1. The van der Waals surface area contributed by atoms with Crippen molar-refractivity contribution in [1.82, 2.24) is 0 Å². The first kappa shape index (κ1) is 17.7. The van der Waals surface area contributed by atoms with Crippen molar-refractivity contribution in [3.05, 3.63) is 22.5 Å². The maximum Gasteiger partial charge on any atom is 0.348 e. The molecule has 1 aliphatic carbocycles. The molecule has 0 aromatic heterocycles. The smallest absolute Gasteiger partial charge is 0.348 e. The fourth-order valence-electron chi connectivity index (χ4n) is 3.21. The molecule has 1 aliphatic heterocycles. The Morgan fingerprint density at radius 1 is 1.26 bits per heavy atom. The summed E-state index contributed by atoms with van der Waals surface area (Å²) in [4.78, 5) is 25.1. The Kier molecular flexibility index (Phi) is 4.71. The van der Waals surface area contributed by atoms with Crippen LogP contribution in [0, 0.1) is 11.8 Å². The number of rotatable bonds is 3. The summed E-state index contributed by atoms with van der Waals surface area (Å²) in [5, 5.41) is 10.3. The second-order valence-corrected chi connectivity index (χ2v) is 7.27. The van der Waals surface area contributed by atoms with E-state index in [4.69, 9.17) is 9.47 Å². The summed E-state index contributed by atoms with van der Waals surface area (Å²) in [5.41, 5.74) is 1.09. The average molecular weight is 322 g/mol. The maximum absolute atomic E-state index is 12.9. The average Bonchev–Trinajstić information content (AvgIpc) is 2.38. The molecule has 0 unspecified atom stereocenters. The highest BCUT2D eigenvalue weighted by atomic mass is 16.7. The molecule has 0 amide bonds. The van der Waals surface area contributed by atoms with Gasteiger partial charge in [0.15, 0.2) is 5.78 Å². The van der Waals surface area contributed by atoms with Gasteiger partial charge in [-0.1, -0.05) is 13.8 Å². The Balaban J connectivity index is 2.39. The number of aliphatic hydroxyl groups excluding tert-OH is 1. The minimum Gasteiger partial charge on any atom is -0.456 e. The van der Waals surface area contributed by atoms with Gasteiger partial charge in [0.1, 0.15) is 11.3 Å². The molecular formula is C18H26O5. The third-order valence-corrected chi connectivity index (χ3v) is 4.71. The van der Waals surface area contributed by atoms with E-state index >= 15 is 0 Å². The third-order valence-electron chi connectivity index (χ3n) is 4.71. The predicted octanol–water partition coefficient (Wildman–Crippen LogP) is 2.88. The van der Waals surface area contributed by atoms with E-state index in [0.29, 0.717) is 29.9 Å². The number of esters is 1. The highest BCUT2D eigenvalue weighted by Crippen LogP contribution is 2.37. The van der Waals surface area contributed by atoms with E-state index in [1.807, 2.05) is 0 Å². The molecule has 0 aromatic rings. The van der Waals surface area contributed by atoms with Gasteiger partial charge in [0, 0.05) is 19.4 Å². The van der Waals surface area contributed by atoms with Gasteiger partial charge in [0.25, 0.3) is 0 Å². The second kappa shape index (κ2) is 6.11. The van der Waals surface area contributed by atoms with Crippen LogP contribution in [0.5, 0.6) is 0 Å². The van der Waals surface area contributed by atoms with E-state index in [1.165, 1.54) is 0 Å². The molecular weight excluding hydrogens is 296 g/mol. The van der Waals surface area contributed by atoms with Crippen LogP contribution >= 0.6 is 0 Å². The Bertz CT molecular complexity index is 595.